The Kier molecular flexibility index (Phi) is 6.48. The SMILES string of the molecule is CC#CC(=O)NCc1ccccc1CN(C)C1CCCCC1. The van der Waals surface area contributed by atoms with Crippen LogP contribution in [0.3, 0.4) is 0 Å². The zero-order chi connectivity index (χ0) is 15.8. The molecular weight excluding hydrogens is 272 g/mol. The van der Waals surface area contributed by atoms with Crippen LogP contribution in [0.2, 0.25) is 0 Å². The summed E-state index contributed by atoms with van der Waals surface area (Å²) in [6, 6.07) is 9.04. The molecule has 1 amide bonds. The summed E-state index contributed by atoms with van der Waals surface area (Å²) in [5.74, 6) is 4.93. The first kappa shape index (κ1) is 16.6. The fourth-order valence-corrected chi connectivity index (χ4v) is 3.14. The monoisotopic (exact) mass is 298 g/mol. The van der Waals surface area contributed by atoms with E-state index in [1.807, 2.05) is 6.07 Å². The van der Waals surface area contributed by atoms with E-state index in [1.165, 1.54) is 43.2 Å². The molecule has 0 atom stereocenters. The fourth-order valence-electron chi connectivity index (χ4n) is 3.14. The molecule has 0 aromatic heterocycles. The summed E-state index contributed by atoms with van der Waals surface area (Å²) >= 11 is 0. The standard InChI is InChI=1S/C19H26N2O/c1-3-9-19(22)20-14-16-10-7-8-11-17(16)15-21(2)18-12-5-4-6-13-18/h7-8,10-11,18H,4-6,12-15H2,1-2H3,(H,20,22). The Morgan fingerprint density at radius 2 is 1.91 bits per heavy atom. The van der Waals surface area contributed by atoms with Gasteiger partial charge in [-0.05, 0) is 43.9 Å². The number of hydrogen-bond donors (Lipinski definition) is 1. The van der Waals surface area contributed by atoms with Crippen LogP contribution in [0.15, 0.2) is 24.3 Å². The number of nitrogens with zero attached hydrogens (tertiary/aromatic N) is 1. The lowest BCUT2D eigenvalue weighted by molar-refractivity contribution is -0.115. The van der Waals surface area contributed by atoms with Crippen LogP contribution in [0.5, 0.6) is 0 Å². The summed E-state index contributed by atoms with van der Waals surface area (Å²) in [7, 11) is 2.22. The Bertz CT molecular complexity index is 550. The molecule has 2 rings (SSSR count). The molecule has 1 fully saturated rings. The number of carbonyl (C=O) groups is 1. The zero-order valence-electron chi connectivity index (χ0n) is 13.7. The first-order chi connectivity index (χ1) is 10.7. The van der Waals surface area contributed by atoms with Crippen molar-refractivity contribution in [1.82, 2.24) is 10.2 Å². The number of hydrogen-bond acceptors (Lipinski definition) is 2. The average molecular weight is 298 g/mol. The van der Waals surface area contributed by atoms with Gasteiger partial charge in [-0.1, -0.05) is 49.4 Å². The predicted molar refractivity (Wildman–Crippen MR) is 90.1 cm³/mol. The molecule has 3 heteroatoms. The van der Waals surface area contributed by atoms with Crippen molar-refractivity contribution in [2.24, 2.45) is 0 Å². The van der Waals surface area contributed by atoms with Gasteiger partial charge < -0.3 is 5.32 Å². The van der Waals surface area contributed by atoms with Gasteiger partial charge in [-0.3, -0.25) is 9.69 Å². The predicted octanol–water partition coefficient (Wildman–Crippen LogP) is 3.09. The smallest absolute Gasteiger partial charge is 0.296 e. The highest BCUT2D eigenvalue weighted by Gasteiger charge is 2.18. The molecule has 1 aliphatic rings. The van der Waals surface area contributed by atoms with Crippen molar-refractivity contribution < 1.29 is 4.79 Å². The van der Waals surface area contributed by atoms with Crippen molar-refractivity contribution in [3.05, 3.63) is 35.4 Å². The summed E-state index contributed by atoms with van der Waals surface area (Å²) in [5.41, 5.74) is 2.47. The maximum Gasteiger partial charge on any atom is 0.296 e. The van der Waals surface area contributed by atoms with Crippen LogP contribution in [-0.2, 0) is 17.9 Å². The molecule has 0 bridgehead atoms. The second kappa shape index (κ2) is 8.60. The van der Waals surface area contributed by atoms with Crippen LogP contribution in [0.25, 0.3) is 0 Å². The van der Waals surface area contributed by atoms with Gasteiger partial charge in [0.15, 0.2) is 0 Å². The van der Waals surface area contributed by atoms with Gasteiger partial charge in [-0.15, -0.1) is 0 Å². The molecule has 118 valence electrons. The van der Waals surface area contributed by atoms with Crippen LogP contribution in [-0.4, -0.2) is 23.9 Å². The van der Waals surface area contributed by atoms with Crippen molar-refractivity contribution >= 4 is 5.91 Å². The first-order valence-electron chi connectivity index (χ1n) is 8.18. The van der Waals surface area contributed by atoms with E-state index in [-0.39, 0.29) is 5.91 Å². The molecule has 0 spiro atoms. The minimum Gasteiger partial charge on any atom is -0.341 e. The van der Waals surface area contributed by atoms with E-state index >= 15 is 0 Å². The van der Waals surface area contributed by atoms with Gasteiger partial charge in [0.05, 0.1) is 0 Å². The fraction of sp³-hybridized carbons (Fsp3) is 0.526. The second-order valence-electron chi connectivity index (χ2n) is 6.03. The number of benzene rings is 1. The Morgan fingerprint density at radius 3 is 2.59 bits per heavy atom. The van der Waals surface area contributed by atoms with Crippen LogP contribution in [0.1, 0.15) is 50.2 Å². The topological polar surface area (TPSA) is 32.3 Å². The summed E-state index contributed by atoms with van der Waals surface area (Å²) in [5, 5.41) is 2.86. The minimum absolute atomic E-state index is 0.210. The Labute approximate surface area is 134 Å². The molecule has 1 N–H and O–H groups in total. The van der Waals surface area contributed by atoms with Gasteiger partial charge in [0, 0.05) is 19.1 Å². The van der Waals surface area contributed by atoms with Crippen LogP contribution >= 0.6 is 0 Å². The highest BCUT2D eigenvalue weighted by atomic mass is 16.1. The number of rotatable bonds is 5. The summed E-state index contributed by atoms with van der Waals surface area (Å²) in [6.07, 6.45) is 6.69. The third kappa shape index (κ3) is 4.89. The average Bonchev–Trinajstić information content (AvgIpc) is 2.55. The molecule has 0 heterocycles. The summed E-state index contributed by atoms with van der Waals surface area (Å²) < 4.78 is 0. The maximum atomic E-state index is 11.5. The van der Waals surface area contributed by atoms with E-state index in [9.17, 15) is 4.79 Å². The molecule has 0 saturated heterocycles. The van der Waals surface area contributed by atoms with E-state index in [0.29, 0.717) is 12.6 Å². The van der Waals surface area contributed by atoms with Gasteiger partial charge in [-0.25, -0.2) is 0 Å². The summed E-state index contributed by atoms with van der Waals surface area (Å²) in [4.78, 5) is 14.0. The van der Waals surface area contributed by atoms with E-state index in [1.54, 1.807) is 6.92 Å². The highest BCUT2D eigenvalue weighted by molar-refractivity contribution is 5.93. The van der Waals surface area contributed by atoms with Gasteiger partial charge in [-0.2, -0.15) is 0 Å². The van der Waals surface area contributed by atoms with Gasteiger partial charge in [0.25, 0.3) is 5.91 Å². The van der Waals surface area contributed by atoms with E-state index < -0.39 is 0 Å². The van der Waals surface area contributed by atoms with Gasteiger partial charge in [0.1, 0.15) is 0 Å². The molecule has 0 unspecified atom stereocenters. The molecule has 0 aliphatic heterocycles. The largest absolute Gasteiger partial charge is 0.341 e. The number of nitrogens with one attached hydrogen (secondary N) is 1. The Hall–Kier alpha value is -1.79. The Morgan fingerprint density at radius 1 is 1.23 bits per heavy atom. The van der Waals surface area contributed by atoms with Crippen LogP contribution in [0, 0.1) is 11.8 Å². The van der Waals surface area contributed by atoms with Crippen molar-refractivity contribution in [3.63, 3.8) is 0 Å². The Balaban J connectivity index is 1.97. The third-order valence-corrected chi connectivity index (χ3v) is 4.41. The van der Waals surface area contributed by atoms with Crippen molar-refractivity contribution in [3.8, 4) is 11.8 Å². The molecule has 1 aromatic rings. The lowest BCUT2D eigenvalue weighted by Gasteiger charge is -2.31. The van der Waals surface area contributed by atoms with Crippen molar-refractivity contribution in [1.29, 1.82) is 0 Å². The number of carbonyl (C=O) groups excluding carboxylic acids is 1. The lowest BCUT2D eigenvalue weighted by atomic mass is 9.94. The highest BCUT2D eigenvalue weighted by Crippen LogP contribution is 2.23. The zero-order valence-corrected chi connectivity index (χ0v) is 13.7. The molecule has 0 radical (unpaired) electrons. The molecule has 1 aliphatic carbocycles. The van der Waals surface area contributed by atoms with E-state index in [2.05, 4.69) is 47.3 Å². The lowest BCUT2D eigenvalue weighted by Crippen LogP contribution is -2.33. The van der Waals surface area contributed by atoms with Crippen LogP contribution < -0.4 is 5.32 Å². The molecule has 1 aromatic carbocycles. The number of amides is 1. The molecule has 3 nitrogen and oxygen atoms in total. The normalized spacial score (nSPS) is 15.2. The van der Waals surface area contributed by atoms with E-state index in [4.69, 9.17) is 0 Å². The first-order valence-corrected chi connectivity index (χ1v) is 8.18. The van der Waals surface area contributed by atoms with E-state index in [0.717, 1.165) is 6.54 Å². The second-order valence-corrected chi connectivity index (χ2v) is 6.03. The van der Waals surface area contributed by atoms with Gasteiger partial charge in [0.2, 0.25) is 0 Å². The molecular formula is C19H26N2O. The van der Waals surface area contributed by atoms with Crippen molar-refractivity contribution in [2.75, 3.05) is 7.05 Å². The quantitative estimate of drug-likeness (QED) is 0.847. The molecule has 1 saturated carbocycles. The van der Waals surface area contributed by atoms with Crippen molar-refractivity contribution in [2.45, 2.75) is 58.2 Å². The van der Waals surface area contributed by atoms with Crippen LogP contribution in [0.4, 0.5) is 0 Å². The maximum absolute atomic E-state index is 11.5. The minimum atomic E-state index is -0.210. The molecule has 22 heavy (non-hydrogen) atoms. The van der Waals surface area contributed by atoms with Gasteiger partial charge >= 0.3 is 0 Å². The summed E-state index contributed by atoms with van der Waals surface area (Å²) in [6.45, 7) is 3.16. The third-order valence-electron chi connectivity index (χ3n) is 4.41.